The summed E-state index contributed by atoms with van der Waals surface area (Å²) in [4.78, 5) is 0. The smallest absolute Gasteiger partial charge is 0.134 e. The first-order valence-corrected chi connectivity index (χ1v) is 6.81. The zero-order valence-corrected chi connectivity index (χ0v) is 12.1. The molecule has 0 saturated carbocycles. The molecule has 0 spiro atoms. The lowest BCUT2D eigenvalue weighted by Crippen LogP contribution is -2.28. The van der Waals surface area contributed by atoms with Crippen molar-refractivity contribution in [1.29, 1.82) is 0 Å². The molecule has 0 saturated heterocycles. The Morgan fingerprint density at radius 1 is 1.21 bits per heavy atom. The number of halogens is 2. The summed E-state index contributed by atoms with van der Waals surface area (Å²) in [5.74, 6) is -0.726. The molecule has 0 fully saturated rings. The van der Waals surface area contributed by atoms with Crippen molar-refractivity contribution in [3.05, 3.63) is 29.3 Å². The number of methoxy groups -OCH3 is 1. The van der Waals surface area contributed by atoms with E-state index in [-0.39, 0.29) is 23.3 Å². The first kappa shape index (κ1) is 15.9. The Labute approximate surface area is 114 Å². The zero-order valence-electron chi connectivity index (χ0n) is 12.1. The predicted molar refractivity (Wildman–Crippen MR) is 73.4 cm³/mol. The molecule has 0 amide bonds. The predicted octanol–water partition coefficient (Wildman–Crippen LogP) is 4.06. The van der Waals surface area contributed by atoms with Gasteiger partial charge in [-0.25, -0.2) is 8.78 Å². The summed E-state index contributed by atoms with van der Waals surface area (Å²) in [6.07, 6.45) is 1.91. The summed E-state index contributed by atoms with van der Waals surface area (Å²) in [7, 11) is 1.40. The molecule has 0 radical (unpaired) electrons. The fourth-order valence-electron chi connectivity index (χ4n) is 2.41. The third kappa shape index (κ3) is 3.90. The van der Waals surface area contributed by atoms with Crippen molar-refractivity contribution in [2.24, 2.45) is 5.92 Å². The van der Waals surface area contributed by atoms with Gasteiger partial charge < -0.3 is 10.1 Å². The van der Waals surface area contributed by atoms with Crippen molar-refractivity contribution in [3.63, 3.8) is 0 Å². The second-order valence-corrected chi connectivity index (χ2v) is 4.81. The lowest BCUT2D eigenvalue weighted by Gasteiger charge is -2.26. The molecule has 0 aromatic heterocycles. The second kappa shape index (κ2) is 7.43. The molecule has 1 aromatic rings. The van der Waals surface area contributed by atoms with Crippen molar-refractivity contribution in [2.75, 3.05) is 13.7 Å². The summed E-state index contributed by atoms with van der Waals surface area (Å²) in [5, 5.41) is 3.18. The average Bonchev–Trinajstić information content (AvgIpc) is 2.36. The molecule has 1 rings (SSSR count). The van der Waals surface area contributed by atoms with Crippen molar-refractivity contribution >= 4 is 0 Å². The van der Waals surface area contributed by atoms with Crippen LogP contribution >= 0.6 is 0 Å². The molecule has 0 aliphatic heterocycles. The molecule has 2 atom stereocenters. The van der Waals surface area contributed by atoms with E-state index in [9.17, 15) is 8.78 Å². The van der Waals surface area contributed by atoms with Gasteiger partial charge in [0.15, 0.2) is 0 Å². The largest absolute Gasteiger partial charge is 0.497 e. The van der Waals surface area contributed by atoms with Crippen molar-refractivity contribution in [3.8, 4) is 5.75 Å². The Morgan fingerprint density at radius 3 is 2.21 bits per heavy atom. The second-order valence-electron chi connectivity index (χ2n) is 4.81. The highest BCUT2D eigenvalue weighted by Crippen LogP contribution is 2.31. The maximum absolute atomic E-state index is 14.1. The molecule has 4 heteroatoms. The molecule has 108 valence electrons. The number of ether oxygens (including phenoxy) is 1. The van der Waals surface area contributed by atoms with Gasteiger partial charge in [0.05, 0.1) is 7.11 Å². The standard InChI is InChI=1S/C15H23F2NO/c1-5-7-10(3)15(18-6-2)14-12(16)8-11(19-4)9-13(14)17/h8-10,15,18H,5-7H2,1-4H3. The van der Waals surface area contributed by atoms with E-state index in [0.717, 1.165) is 12.8 Å². The van der Waals surface area contributed by atoms with Gasteiger partial charge in [-0.15, -0.1) is 0 Å². The highest BCUT2D eigenvalue weighted by Gasteiger charge is 2.25. The summed E-state index contributed by atoms with van der Waals surface area (Å²) in [6.45, 7) is 6.69. The fraction of sp³-hybridized carbons (Fsp3) is 0.600. The molecule has 0 heterocycles. The minimum absolute atomic E-state index is 0.114. The van der Waals surface area contributed by atoms with Crippen LogP contribution in [0.1, 0.15) is 45.2 Å². The Balaban J connectivity index is 3.14. The summed E-state index contributed by atoms with van der Waals surface area (Å²) >= 11 is 0. The molecular formula is C15H23F2NO. The van der Waals surface area contributed by atoms with E-state index in [4.69, 9.17) is 4.74 Å². The van der Waals surface area contributed by atoms with Gasteiger partial charge in [0.2, 0.25) is 0 Å². The maximum Gasteiger partial charge on any atom is 0.134 e. The van der Waals surface area contributed by atoms with Gasteiger partial charge in [-0.1, -0.05) is 27.2 Å². The van der Waals surface area contributed by atoms with E-state index in [2.05, 4.69) is 12.2 Å². The normalized spacial score (nSPS) is 14.2. The molecule has 0 bridgehead atoms. The zero-order chi connectivity index (χ0) is 14.4. The van der Waals surface area contributed by atoms with Gasteiger partial charge in [0.1, 0.15) is 17.4 Å². The lowest BCUT2D eigenvalue weighted by atomic mass is 9.90. The quantitative estimate of drug-likeness (QED) is 0.807. The Kier molecular flexibility index (Phi) is 6.22. The molecule has 19 heavy (non-hydrogen) atoms. The van der Waals surface area contributed by atoms with E-state index in [1.807, 2.05) is 13.8 Å². The van der Waals surface area contributed by atoms with Gasteiger partial charge in [0, 0.05) is 23.7 Å². The Bertz CT molecular complexity index is 386. The van der Waals surface area contributed by atoms with Crippen LogP contribution in [0.3, 0.4) is 0 Å². The number of nitrogens with one attached hydrogen (secondary N) is 1. The SMILES string of the molecule is CCCC(C)C(NCC)c1c(F)cc(OC)cc1F. The van der Waals surface area contributed by atoms with Gasteiger partial charge in [-0.2, -0.15) is 0 Å². The Hall–Kier alpha value is -1.16. The number of rotatable bonds is 7. The molecular weight excluding hydrogens is 248 g/mol. The number of hydrogen-bond acceptors (Lipinski definition) is 2. The number of hydrogen-bond donors (Lipinski definition) is 1. The molecule has 2 nitrogen and oxygen atoms in total. The van der Waals surface area contributed by atoms with E-state index in [0.29, 0.717) is 6.54 Å². The lowest BCUT2D eigenvalue weighted by molar-refractivity contribution is 0.343. The van der Waals surface area contributed by atoms with Crippen LogP contribution < -0.4 is 10.1 Å². The minimum Gasteiger partial charge on any atom is -0.497 e. The van der Waals surface area contributed by atoms with Gasteiger partial charge in [-0.3, -0.25) is 0 Å². The maximum atomic E-state index is 14.1. The van der Waals surface area contributed by atoms with Crippen LogP contribution in [0.5, 0.6) is 5.75 Å². The van der Waals surface area contributed by atoms with Crippen LogP contribution in [0.25, 0.3) is 0 Å². The van der Waals surface area contributed by atoms with Crippen LogP contribution in [-0.2, 0) is 0 Å². The molecule has 0 aliphatic rings. The molecule has 1 N–H and O–H groups in total. The van der Waals surface area contributed by atoms with Crippen LogP contribution in [0.15, 0.2) is 12.1 Å². The summed E-state index contributed by atoms with van der Waals surface area (Å²) in [6, 6.07) is 2.17. The van der Waals surface area contributed by atoms with E-state index < -0.39 is 11.6 Å². The molecule has 0 aliphatic carbocycles. The van der Waals surface area contributed by atoms with Gasteiger partial charge in [0.25, 0.3) is 0 Å². The average molecular weight is 271 g/mol. The van der Waals surface area contributed by atoms with Crippen LogP contribution in [-0.4, -0.2) is 13.7 Å². The monoisotopic (exact) mass is 271 g/mol. The highest BCUT2D eigenvalue weighted by atomic mass is 19.1. The topological polar surface area (TPSA) is 21.3 Å². The van der Waals surface area contributed by atoms with Crippen LogP contribution in [0.2, 0.25) is 0 Å². The fourth-order valence-corrected chi connectivity index (χ4v) is 2.41. The summed E-state index contributed by atoms with van der Waals surface area (Å²) < 4.78 is 33.1. The highest BCUT2D eigenvalue weighted by molar-refractivity contribution is 5.32. The third-order valence-corrected chi connectivity index (χ3v) is 3.34. The Morgan fingerprint density at radius 2 is 1.79 bits per heavy atom. The summed E-state index contributed by atoms with van der Waals surface area (Å²) in [5.41, 5.74) is 0.114. The van der Waals surface area contributed by atoms with Crippen molar-refractivity contribution < 1.29 is 13.5 Å². The first-order chi connectivity index (χ1) is 9.04. The molecule has 2 unspecified atom stereocenters. The van der Waals surface area contributed by atoms with Crippen molar-refractivity contribution in [1.82, 2.24) is 5.32 Å². The van der Waals surface area contributed by atoms with E-state index in [1.165, 1.54) is 19.2 Å². The number of benzene rings is 1. The van der Waals surface area contributed by atoms with Crippen LogP contribution in [0.4, 0.5) is 8.78 Å². The molecule has 1 aromatic carbocycles. The minimum atomic E-state index is -0.550. The van der Waals surface area contributed by atoms with E-state index >= 15 is 0 Å². The van der Waals surface area contributed by atoms with Crippen molar-refractivity contribution in [2.45, 2.75) is 39.7 Å². The first-order valence-electron chi connectivity index (χ1n) is 6.81. The van der Waals surface area contributed by atoms with Crippen LogP contribution in [0, 0.1) is 17.6 Å². The van der Waals surface area contributed by atoms with Gasteiger partial charge in [-0.05, 0) is 18.9 Å². The van der Waals surface area contributed by atoms with Gasteiger partial charge >= 0.3 is 0 Å². The van der Waals surface area contributed by atoms with E-state index in [1.54, 1.807) is 0 Å². The third-order valence-electron chi connectivity index (χ3n) is 3.34.